The lowest BCUT2D eigenvalue weighted by Gasteiger charge is -2.17. The van der Waals surface area contributed by atoms with Crippen molar-refractivity contribution in [3.63, 3.8) is 0 Å². The van der Waals surface area contributed by atoms with Crippen molar-refractivity contribution in [2.45, 2.75) is 0 Å². The van der Waals surface area contributed by atoms with E-state index in [1.165, 1.54) is 24.3 Å². The molecule has 27 heavy (non-hydrogen) atoms. The van der Waals surface area contributed by atoms with E-state index in [4.69, 9.17) is 4.74 Å². The maximum atomic E-state index is 12.5. The molecule has 0 amide bonds. The fourth-order valence-corrected chi connectivity index (χ4v) is 2.55. The highest BCUT2D eigenvalue weighted by atomic mass is 16.6. The third-order valence-electron chi connectivity index (χ3n) is 4.01. The maximum absolute atomic E-state index is 12.5. The van der Waals surface area contributed by atoms with Gasteiger partial charge in [0.1, 0.15) is 5.75 Å². The van der Waals surface area contributed by atoms with Gasteiger partial charge in [-0.1, -0.05) is 12.1 Å². The number of non-ortho nitro benzene ring substituents is 1. The molecular weight excluding hydrogens is 348 g/mol. The summed E-state index contributed by atoms with van der Waals surface area (Å²) in [4.78, 5) is 22.8. The Bertz CT molecular complexity index is 968. The van der Waals surface area contributed by atoms with Gasteiger partial charge in [-0.25, -0.2) is 5.06 Å². The number of hydrogen-bond donors (Lipinski definition) is 1. The highest BCUT2D eigenvalue weighted by molar-refractivity contribution is 6.09. The van der Waals surface area contributed by atoms with Gasteiger partial charge >= 0.3 is 0 Å². The van der Waals surface area contributed by atoms with E-state index in [1.54, 1.807) is 55.6 Å². The predicted octanol–water partition coefficient (Wildman–Crippen LogP) is 4.36. The number of nitrogens with zero attached hydrogens (tertiary/aromatic N) is 2. The Labute approximate surface area is 155 Å². The first kappa shape index (κ1) is 18.1. The average Bonchev–Trinajstić information content (AvgIpc) is 2.73. The molecule has 136 valence electrons. The number of anilines is 2. The van der Waals surface area contributed by atoms with E-state index in [-0.39, 0.29) is 17.0 Å². The summed E-state index contributed by atoms with van der Waals surface area (Å²) < 4.78 is 5.08. The maximum Gasteiger partial charge on any atom is 0.270 e. The quantitative estimate of drug-likeness (QED) is 0.397. The molecule has 0 radical (unpaired) electrons. The Kier molecular flexibility index (Phi) is 5.14. The number of ketones is 1. The van der Waals surface area contributed by atoms with Gasteiger partial charge in [-0.15, -0.1) is 0 Å². The van der Waals surface area contributed by atoms with Crippen LogP contribution in [-0.4, -0.2) is 23.0 Å². The molecule has 0 heterocycles. The molecule has 0 aromatic heterocycles. The standard InChI is InChI=1S/C20H16N2O5/c1-27-19-11-9-17(10-12-19)21(24)16-7-5-14(6-8-16)20(23)15-3-2-4-18(13-15)22(25)26/h2-13,24H,1H3. The number of methoxy groups -OCH3 is 1. The summed E-state index contributed by atoms with van der Waals surface area (Å²) in [6.45, 7) is 0. The van der Waals surface area contributed by atoms with E-state index in [0.29, 0.717) is 22.7 Å². The van der Waals surface area contributed by atoms with E-state index in [2.05, 4.69) is 0 Å². The molecule has 1 N–H and O–H groups in total. The number of nitro groups is 1. The van der Waals surface area contributed by atoms with Crippen molar-refractivity contribution in [1.29, 1.82) is 0 Å². The summed E-state index contributed by atoms with van der Waals surface area (Å²) in [6, 6.07) is 18.7. The zero-order valence-corrected chi connectivity index (χ0v) is 14.4. The lowest BCUT2D eigenvalue weighted by molar-refractivity contribution is -0.384. The third-order valence-corrected chi connectivity index (χ3v) is 4.01. The molecule has 0 saturated heterocycles. The Morgan fingerprint density at radius 1 is 0.963 bits per heavy atom. The summed E-state index contributed by atoms with van der Waals surface area (Å²) >= 11 is 0. The highest BCUT2D eigenvalue weighted by Crippen LogP contribution is 2.26. The summed E-state index contributed by atoms with van der Waals surface area (Å²) in [5.41, 5.74) is 1.46. The van der Waals surface area contributed by atoms with Gasteiger partial charge in [0.05, 0.1) is 23.4 Å². The molecule has 0 aliphatic carbocycles. The lowest BCUT2D eigenvalue weighted by Crippen LogP contribution is -2.10. The van der Waals surface area contributed by atoms with Crippen LogP contribution in [0, 0.1) is 10.1 Å². The highest BCUT2D eigenvalue weighted by Gasteiger charge is 2.14. The predicted molar refractivity (Wildman–Crippen MR) is 99.9 cm³/mol. The van der Waals surface area contributed by atoms with Gasteiger partial charge in [-0.2, -0.15) is 0 Å². The van der Waals surface area contributed by atoms with Crippen LogP contribution in [0.15, 0.2) is 72.8 Å². The second-order valence-electron chi connectivity index (χ2n) is 5.69. The fraction of sp³-hybridized carbons (Fsp3) is 0.0500. The molecule has 7 nitrogen and oxygen atoms in total. The number of nitro benzene ring substituents is 1. The van der Waals surface area contributed by atoms with Crippen LogP contribution in [0.4, 0.5) is 17.1 Å². The minimum Gasteiger partial charge on any atom is -0.497 e. The van der Waals surface area contributed by atoms with Crippen molar-refractivity contribution in [1.82, 2.24) is 0 Å². The molecule has 0 spiro atoms. The van der Waals surface area contributed by atoms with E-state index >= 15 is 0 Å². The van der Waals surface area contributed by atoms with Crippen LogP contribution in [0.25, 0.3) is 0 Å². The topological polar surface area (TPSA) is 92.9 Å². The summed E-state index contributed by atoms with van der Waals surface area (Å²) in [5.74, 6) is 0.337. The first-order valence-electron chi connectivity index (χ1n) is 8.02. The number of benzene rings is 3. The molecule has 0 fully saturated rings. The number of carbonyl (C=O) groups is 1. The Morgan fingerprint density at radius 3 is 2.11 bits per heavy atom. The van der Waals surface area contributed by atoms with Crippen molar-refractivity contribution in [2.24, 2.45) is 0 Å². The van der Waals surface area contributed by atoms with Crippen LogP contribution in [0.1, 0.15) is 15.9 Å². The Morgan fingerprint density at radius 2 is 1.56 bits per heavy atom. The van der Waals surface area contributed by atoms with Crippen LogP contribution < -0.4 is 9.80 Å². The molecule has 3 aromatic carbocycles. The van der Waals surface area contributed by atoms with Crippen molar-refractivity contribution in [2.75, 3.05) is 12.2 Å². The largest absolute Gasteiger partial charge is 0.497 e. The van der Waals surface area contributed by atoms with Crippen LogP contribution in [0.2, 0.25) is 0 Å². The van der Waals surface area contributed by atoms with Crippen LogP contribution in [0.3, 0.4) is 0 Å². The molecule has 7 heteroatoms. The zero-order valence-electron chi connectivity index (χ0n) is 14.4. The number of hydrogen-bond acceptors (Lipinski definition) is 6. The van der Waals surface area contributed by atoms with E-state index < -0.39 is 4.92 Å². The molecule has 3 aromatic rings. The second kappa shape index (κ2) is 7.67. The SMILES string of the molecule is COc1ccc(N(O)c2ccc(C(=O)c3cccc([N+](=O)[O-])c3)cc2)cc1. The minimum atomic E-state index is -0.543. The number of ether oxygens (including phenoxy) is 1. The first-order valence-corrected chi connectivity index (χ1v) is 8.02. The van der Waals surface area contributed by atoms with Gasteiger partial charge in [0.2, 0.25) is 0 Å². The summed E-state index contributed by atoms with van der Waals surface area (Å²) in [6.07, 6.45) is 0. The summed E-state index contributed by atoms with van der Waals surface area (Å²) in [7, 11) is 1.56. The zero-order chi connectivity index (χ0) is 19.4. The van der Waals surface area contributed by atoms with Gasteiger partial charge < -0.3 is 4.74 Å². The monoisotopic (exact) mass is 364 g/mol. The first-order chi connectivity index (χ1) is 13.0. The summed E-state index contributed by atoms with van der Waals surface area (Å²) in [5, 5.41) is 22.2. The fourth-order valence-electron chi connectivity index (χ4n) is 2.55. The smallest absolute Gasteiger partial charge is 0.270 e. The molecule has 0 aliphatic heterocycles. The van der Waals surface area contributed by atoms with Crippen LogP contribution >= 0.6 is 0 Å². The Hall–Kier alpha value is -3.71. The third kappa shape index (κ3) is 3.94. The van der Waals surface area contributed by atoms with Crippen LogP contribution in [-0.2, 0) is 0 Å². The van der Waals surface area contributed by atoms with E-state index in [0.717, 1.165) is 5.06 Å². The minimum absolute atomic E-state index is 0.140. The Balaban J connectivity index is 1.80. The van der Waals surface area contributed by atoms with Gasteiger partial charge in [0.15, 0.2) is 5.78 Å². The van der Waals surface area contributed by atoms with Gasteiger partial charge in [0.25, 0.3) is 5.69 Å². The molecule has 0 saturated carbocycles. The van der Waals surface area contributed by atoms with Crippen molar-refractivity contribution >= 4 is 22.8 Å². The van der Waals surface area contributed by atoms with Crippen molar-refractivity contribution in [3.05, 3.63) is 94.0 Å². The van der Waals surface area contributed by atoms with Gasteiger partial charge in [-0.05, 0) is 48.5 Å². The number of rotatable bonds is 6. The molecular formula is C20H16N2O5. The molecule has 0 unspecified atom stereocenters. The van der Waals surface area contributed by atoms with E-state index in [1.807, 2.05) is 0 Å². The van der Waals surface area contributed by atoms with Crippen molar-refractivity contribution in [3.8, 4) is 5.75 Å². The molecule has 0 bridgehead atoms. The van der Waals surface area contributed by atoms with Crippen LogP contribution in [0.5, 0.6) is 5.75 Å². The normalized spacial score (nSPS) is 10.3. The van der Waals surface area contributed by atoms with Gasteiger partial charge in [-0.3, -0.25) is 20.1 Å². The van der Waals surface area contributed by atoms with E-state index in [9.17, 15) is 20.1 Å². The second-order valence-corrected chi connectivity index (χ2v) is 5.69. The number of carbonyl (C=O) groups excluding carboxylic acids is 1. The average molecular weight is 364 g/mol. The molecule has 0 atom stereocenters. The molecule has 0 aliphatic rings. The van der Waals surface area contributed by atoms with Crippen molar-refractivity contribution < 1.29 is 19.7 Å². The van der Waals surface area contributed by atoms with Gasteiger partial charge in [0, 0.05) is 23.3 Å². The lowest BCUT2D eigenvalue weighted by atomic mass is 10.0. The molecule has 3 rings (SSSR count).